The molecule has 0 aliphatic heterocycles. The van der Waals surface area contributed by atoms with E-state index in [1.54, 1.807) is 27.4 Å². The molecule has 3 aromatic rings. The summed E-state index contributed by atoms with van der Waals surface area (Å²) in [6.07, 6.45) is 1.61. The molecule has 1 amide bonds. The molecule has 1 N–H and O–H groups in total. The van der Waals surface area contributed by atoms with Crippen LogP contribution in [0.4, 0.5) is 0 Å². The highest BCUT2D eigenvalue weighted by Crippen LogP contribution is 2.27. The molecular formula is C25H25NO4. The van der Waals surface area contributed by atoms with E-state index in [4.69, 9.17) is 14.2 Å². The molecule has 154 valence electrons. The van der Waals surface area contributed by atoms with Gasteiger partial charge in [-0.15, -0.1) is 0 Å². The van der Waals surface area contributed by atoms with Gasteiger partial charge in [-0.25, -0.2) is 0 Å². The van der Waals surface area contributed by atoms with Crippen LogP contribution in [0.3, 0.4) is 0 Å². The van der Waals surface area contributed by atoms with E-state index in [1.165, 1.54) is 0 Å². The molecule has 0 bridgehead atoms. The summed E-state index contributed by atoms with van der Waals surface area (Å²) in [6.45, 7) is 0.408. The first-order valence-electron chi connectivity index (χ1n) is 9.54. The molecule has 0 saturated heterocycles. The zero-order valence-electron chi connectivity index (χ0n) is 17.3. The lowest BCUT2D eigenvalue weighted by Crippen LogP contribution is -2.20. The number of amides is 1. The second-order valence-corrected chi connectivity index (χ2v) is 6.58. The van der Waals surface area contributed by atoms with E-state index in [2.05, 4.69) is 5.32 Å². The van der Waals surface area contributed by atoms with Gasteiger partial charge in [0.2, 0.25) is 5.91 Å². The lowest BCUT2D eigenvalue weighted by molar-refractivity contribution is -0.116. The van der Waals surface area contributed by atoms with Gasteiger partial charge in [0.05, 0.1) is 21.3 Å². The highest BCUT2D eigenvalue weighted by Gasteiger charge is 2.09. The van der Waals surface area contributed by atoms with E-state index in [9.17, 15) is 4.79 Å². The van der Waals surface area contributed by atoms with Crippen molar-refractivity contribution >= 4 is 11.5 Å². The Hall–Kier alpha value is -3.73. The maximum atomic E-state index is 12.7. The fourth-order valence-electron chi connectivity index (χ4n) is 3.03. The van der Waals surface area contributed by atoms with Crippen LogP contribution in [0, 0.1) is 0 Å². The lowest BCUT2D eigenvalue weighted by Gasteiger charge is -2.11. The molecular weight excluding hydrogens is 378 g/mol. The van der Waals surface area contributed by atoms with Crippen LogP contribution in [0.15, 0.2) is 78.9 Å². The molecule has 0 spiro atoms. The molecule has 0 aliphatic carbocycles. The summed E-state index contributed by atoms with van der Waals surface area (Å²) in [5.41, 5.74) is 3.60. The molecule has 3 rings (SSSR count). The number of ether oxygens (including phenoxy) is 3. The summed E-state index contributed by atoms with van der Waals surface area (Å²) in [6, 6.07) is 22.9. The van der Waals surface area contributed by atoms with Crippen molar-refractivity contribution in [2.45, 2.75) is 6.54 Å². The minimum Gasteiger partial charge on any atom is -0.497 e. The van der Waals surface area contributed by atoms with Crippen LogP contribution < -0.4 is 19.5 Å². The maximum Gasteiger partial charge on any atom is 0.244 e. The summed E-state index contributed by atoms with van der Waals surface area (Å²) < 4.78 is 15.7. The van der Waals surface area contributed by atoms with Crippen LogP contribution in [0.1, 0.15) is 16.7 Å². The summed E-state index contributed by atoms with van der Waals surface area (Å²) in [5, 5.41) is 2.95. The highest BCUT2D eigenvalue weighted by atomic mass is 16.5. The fraction of sp³-hybridized carbons (Fsp3) is 0.160. The molecule has 0 fully saturated rings. The van der Waals surface area contributed by atoms with Crippen LogP contribution in [-0.4, -0.2) is 27.2 Å². The first-order chi connectivity index (χ1) is 14.6. The molecule has 0 aromatic heterocycles. The van der Waals surface area contributed by atoms with Crippen molar-refractivity contribution in [1.29, 1.82) is 0 Å². The van der Waals surface area contributed by atoms with Gasteiger partial charge in [-0.05, 0) is 58.7 Å². The molecule has 5 heteroatoms. The van der Waals surface area contributed by atoms with Crippen LogP contribution in [0.2, 0.25) is 0 Å². The average Bonchev–Trinajstić information content (AvgIpc) is 2.81. The number of benzene rings is 3. The number of carbonyl (C=O) groups excluding carboxylic acids is 1. The number of rotatable bonds is 8. The third-order valence-electron chi connectivity index (χ3n) is 4.68. The minimum atomic E-state index is -0.181. The van der Waals surface area contributed by atoms with E-state index in [-0.39, 0.29) is 5.91 Å². The zero-order valence-corrected chi connectivity index (χ0v) is 17.3. The number of methoxy groups -OCH3 is 3. The van der Waals surface area contributed by atoms with Gasteiger partial charge in [0.15, 0.2) is 0 Å². The minimum absolute atomic E-state index is 0.181. The largest absolute Gasteiger partial charge is 0.497 e. The van der Waals surface area contributed by atoms with Crippen LogP contribution in [-0.2, 0) is 11.3 Å². The van der Waals surface area contributed by atoms with Crippen LogP contribution in [0.25, 0.3) is 5.57 Å². The van der Waals surface area contributed by atoms with Crippen LogP contribution in [0.5, 0.6) is 17.2 Å². The van der Waals surface area contributed by atoms with Crippen molar-refractivity contribution in [1.82, 2.24) is 5.32 Å². The van der Waals surface area contributed by atoms with E-state index in [1.807, 2.05) is 72.8 Å². The summed E-state index contributed by atoms with van der Waals surface area (Å²) in [4.78, 5) is 12.7. The standard InChI is InChI=1S/C25H25NO4/c1-28-21-11-7-19(8-12-21)24(20-9-13-22(29-2)14-10-20)16-25(27)26-17-18-5-4-6-23(15-18)30-3/h4-16H,17H2,1-3H3,(H,26,27). The molecule has 0 radical (unpaired) electrons. The van der Waals surface area contributed by atoms with Gasteiger partial charge in [0.1, 0.15) is 17.2 Å². The Morgan fingerprint density at radius 2 is 1.30 bits per heavy atom. The Bertz CT molecular complexity index is 959. The Balaban J connectivity index is 1.85. The average molecular weight is 403 g/mol. The lowest BCUT2D eigenvalue weighted by atomic mass is 9.97. The molecule has 0 saturated carbocycles. The predicted octanol–water partition coefficient (Wildman–Crippen LogP) is 4.46. The second-order valence-electron chi connectivity index (χ2n) is 6.58. The van der Waals surface area contributed by atoms with Gasteiger partial charge in [0, 0.05) is 12.6 Å². The molecule has 30 heavy (non-hydrogen) atoms. The Morgan fingerprint density at radius 3 is 1.80 bits per heavy atom. The summed E-state index contributed by atoms with van der Waals surface area (Å²) in [7, 11) is 4.87. The van der Waals surface area contributed by atoms with E-state index in [0.717, 1.165) is 39.5 Å². The van der Waals surface area contributed by atoms with Crippen molar-refractivity contribution in [3.63, 3.8) is 0 Å². The van der Waals surface area contributed by atoms with E-state index < -0.39 is 0 Å². The first kappa shape index (κ1) is 21.0. The van der Waals surface area contributed by atoms with Gasteiger partial charge in [0.25, 0.3) is 0 Å². The van der Waals surface area contributed by atoms with Crippen molar-refractivity contribution < 1.29 is 19.0 Å². The monoisotopic (exact) mass is 403 g/mol. The summed E-state index contributed by atoms with van der Waals surface area (Å²) >= 11 is 0. The van der Waals surface area contributed by atoms with E-state index in [0.29, 0.717) is 6.54 Å². The predicted molar refractivity (Wildman–Crippen MR) is 118 cm³/mol. The zero-order chi connectivity index (χ0) is 21.3. The van der Waals surface area contributed by atoms with Gasteiger partial charge in [-0.2, -0.15) is 0 Å². The Labute approximate surface area is 176 Å². The van der Waals surface area contributed by atoms with Crippen molar-refractivity contribution in [3.05, 3.63) is 95.6 Å². The highest BCUT2D eigenvalue weighted by molar-refractivity contribution is 5.99. The number of hydrogen-bond acceptors (Lipinski definition) is 4. The molecule has 0 unspecified atom stereocenters. The quantitative estimate of drug-likeness (QED) is 0.564. The molecule has 0 heterocycles. The fourth-order valence-corrected chi connectivity index (χ4v) is 3.03. The van der Waals surface area contributed by atoms with Crippen LogP contribution >= 0.6 is 0 Å². The maximum absolute atomic E-state index is 12.7. The van der Waals surface area contributed by atoms with Crippen molar-refractivity contribution in [3.8, 4) is 17.2 Å². The second kappa shape index (κ2) is 10.2. The van der Waals surface area contributed by atoms with E-state index >= 15 is 0 Å². The van der Waals surface area contributed by atoms with Gasteiger partial charge in [-0.1, -0.05) is 36.4 Å². The Kier molecular flexibility index (Phi) is 7.11. The number of nitrogens with one attached hydrogen (secondary N) is 1. The first-order valence-corrected chi connectivity index (χ1v) is 9.54. The summed E-state index contributed by atoms with van der Waals surface area (Å²) in [5.74, 6) is 2.10. The number of carbonyl (C=O) groups is 1. The van der Waals surface area contributed by atoms with Gasteiger partial charge in [-0.3, -0.25) is 4.79 Å². The smallest absolute Gasteiger partial charge is 0.244 e. The van der Waals surface area contributed by atoms with Gasteiger partial charge >= 0.3 is 0 Å². The van der Waals surface area contributed by atoms with Gasteiger partial charge < -0.3 is 19.5 Å². The molecule has 0 atom stereocenters. The molecule has 5 nitrogen and oxygen atoms in total. The SMILES string of the molecule is COc1ccc(C(=CC(=O)NCc2cccc(OC)c2)c2ccc(OC)cc2)cc1. The van der Waals surface area contributed by atoms with Crippen molar-refractivity contribution in [2.75, 3.05) is 21.3 Å². The third-order valence-corrected chi connectivity index (χ3v) is 4.68. The Morgan fingerprint density at radius 1 is 0.767 bits per heavy atom. The molecule has 0 aliphatic rings. The molecule has 3 aromatic carbocycles. The topological polar surface area (TPSA) is 56.8 Å². The normalized spacial score (nSPS) is 10.1. The van der Waals surface area contributed by atoms with Crippen molar-refractivity contribution in [2.24, 2.45) is 0 Å². The third kappa shape index (κ3) is 5.41. The number of hydrogen-bond donors (Lipinski definition) is 1.